The first kappa shape index (κ1) is 10.6. The number of nitrogens with two attached hydrogens (primary N) is 1. The maximum absolute atomic E-state index is 9.40. The Hall–Kier alpha value is 0.530. The Balaban J connectivity index is 2.63. The molecule has 5 nitrogen and oxygen atoms in total. The molecule has 1 rings (SSSR count). The van der Waals surface area contributed by atoms with E-state index in [-0.39, 0.29) is 10.5 Å². The van der Waals surface area contributed by atoms with Gasteiger partial charge in [0, 0.05) is 6.04 Å². The summed E-state index contributed by atoms with van der Waals surface area (Å²) >= 11 is 1.91. The number of rotatable bonds is 1. The van der Waals surface area contributed by atoms with Gasteiger partial charge >= 0.3 is 0 Å². The molecule has 5 atom stereocenters. The SMILES string of the molecule is NC1C(O)C(CO)OC(O)C1I. The molecule has 0 radical (unpaired) electrons. The second-order valence-electron chi connectivity index (χ2n) is 2.76. The Kier molecular flexibility index (Phi) is 3.68. The summed E-state index contributed by atoms with van der Waals surface area (Å²) in [5.41, 5.74) is 5.57. The lowest BCUT2D eigenvalue weighted by Gasteiger charge is -2.38. The first-order valence-electron chi connectivity index (χ1n) is 3.60. The zero-order valence-electron chi connectivity index (χ0n) is 6.30. The fourth-order valence-electron chi connectivity index (χ4n) is 1.11. The fourth-order valence-corrected chi connectivity index (χ4v) is 1.71. The van der Waals surface area contributed by atoms with Crippen molar-refractivity contribution in [2.45, 2.75) is 28.5 Å². The number of hydrogen-bond acceptors (Lipinski definition) is 5. The quantitative estimate of drug-likeness (QED) is 0.337. The van der Waals surface area contributed by atoms with E-state index < -0.39 is 24.5 Å². The Morgan fingerprint density at radius 2 is 2.00 bits per heavy atom. The van der Waals surface area contributed by atoms with Crippen LogP contribution in [0.2, 0.25) is 0 Å². The maximum Gasteiger partial charge on any atom is 0.168 e. The molecule has 0 aliphatic carbocycles. The molecule has 1 saturated heterocycles. The molecule has 72 valence electrons. The van der Waals surface area contributed by atoms with E-state index >= 15 is 0 Å². The maximum atomic E-state index is 9.40. The normalized spacial score (nSPS) is 49.2. The number of halogens is 1. The lowest BCUT2D eigenvalue weighted by atomic mass is 10.0. The Morgan fingerprint density at radius 1 is 1.42 bits per heavy atom. The van der Waals surface area contributed by atoms with E-state index in [0.29, 0.717) is 0 Å². The molecule has 0 aromatic heterocycles. The molecule has 0 amide bonds. The number of hydrogen-bond donors (Lipinski definition) is 4. The molecule has 1 heterocycles. The zero-order chi connectivity index (χ0) is 9.30. The standard InChI is InChI=1S/C6H12INO4/c7-3-4(8)5(10)2(1-9)12-6(3)11/h2-6,9-11H,1,8H2. The second-order valence-corrected chi connectivity index (χ2v) is 4.20. The highest BCUT2D eigenvalue weighted by Crippen LogP contribution is 2.23. The summed E-state index contributed by atoms with van der Waals surface area (Å²) in [7, 11) is 0. The number of aliphatic hydroxyl groups is 3. The summed E-state index contributed by atoms with van der Waals surface area (Å²) in [6.07, 6.45) is -2.71. The van der Waals surface area contributed by atoms with Crippen LogP contribution in [0.1, 0.15) is 0 Å². The van der Waals surface area contributed by atoms with E-state index in [1.54, 1.807) is 0 Å². The van der Waals surface area contributed by atoms with Crippen LogP contribution in [0.3, 0.4) is 0 Å². The smallest absolute Gasteiger partial charge is 0.168 e. The second kappa shape index (κ2) is 4.16. The molecule has 0 aromatic carbocycles. The molecule has 6 heteroatoms. The van der Waals surface area contributed by atoms with Crippen LogP contribution in [-0.2, 0) is 4.74 Å². The van der Waals surface area contributed by atoms with E-state index in [9.17, 15) is 10.2 Å². The van der Waals surface area contributed by atoms with Crippen LogP contribution in [0.15, 0.2) is 0 Å². The van der Waals surface area contributed by atoms with E-state index in [1.165, 1.54) is 0 Å². The van der Waals surface area contributed by atoms with Crippen LogP contribution in [-0.4, -0.2) is 50.4 Å². The van der Waals surface area contributed by atoms with Gasteiger partial charge in [-0.15, -0.1) is 0 Å². The van der Waals surface area contributed by atoms with Crippen LogP contribution in [0.4, 0.5) is 0 Å². The third-order valence-corrected chi connectivity index (χ3v) is 3.36. The van der Waals surface area contributed by atoms with Crippen LogP contribution in [0.5, 0.6) is 0 Å². The van der Waals surface area contributed by atoms with Crippen LogP contribution >= 0.6 is 22.6 Å². The van der Waals surface area contributed by atoms with Gasteiger partial charge in [0.2, 0.25) is 0 Å². The molecular formula is C6H12INO4. The Bertz CT molecular complexity index is 154. The van der Waals surface area contributed by atoms with Gasteiger partial charge in [0.1, 0.15) is 6.10 Å². The van der Waals surface area contributed by atoms with Crippen LogP contribution in [0.25, 0.3) is 0 Å². The topological polar surface area (TPSA) is 95.9 Å². The minimum Gasteiger partial charge on any atom is -0.394 e. The lowest BCUT2D eigenvalue weighted by molar-refractivity contribution is -0.206. The highest BCUT2D eigenvalue weighted by atomic mass is 127. The molecule has 0 aromatic rings. The van der Waals surface area contributed by atoms with Crippen LogP contribution < -0.4 is 5.73 Å². The van der Waals surface area contributed by atoms with Crippen molar-refractivity contribution in [2.24, 2.45) is 5.73 Å². The van der Waals surface area contributed by atoms with E-state index in [1.807, 2.05) is 22.6 Å². The lowest BCUT2D eigenvalue weighted by Crippen LogP contribution is -2.59. The van der Waals surface area contributed by atoms with Gasteiger partial charge in [-0.2, -0.15) is 0 Å². The van der Waals surface area contributed by atoms with Crippen molar-refractivity contribution in [1.29, 1.82) is 0 Å². The summed E-state index contributed by atoms with van der Waals surface area (Å²) in [5, 5.41) is 27.4. The van der Waals surface area contributed by atoms with Crippen LogP contribution in [0, 0.1) is 0 Å². The zero-order valence-corrected chi connectivity index (χ0v) is 8.46. The molecule has 5 unspecified atom stereocenters. The molecule has 0 saturated carbocycles. The van der Waals surface area contributed by atoms with Gasteiger partial charge in [-0.25, -0.2) is 0 Å². The van der Waals surface area contributed by atoms with Gasteiger partial charge in [0.15, 0.2) is 6.29 Å². The minimum atomic E-state index is -1.01. The van der Waals surface area contributed by atoms with Gasteiger partial charge in [0.25, 0.3) is 0 Å². The first-order chi connectivity index (χ1) is 5.57. The van der Waals surface area contributed by atoms with Crippen molar-refractivity contribution in [3.05, 3.63) is 0 Å². The summed E-state index contributed by atoms with van der Waals surface area (Å²) < 4.78 is 4.55. The highest BCUT2D eigenvalue weighted by Gasteiger charge is 2.40. The monoisotopic (exact) mass is 289 g/mol. The average Bonchev–Trinajstić information content (AvgIpc) is 2.08. The molecule has 1 aliphatic rings. The molecule has 1 fully saturated rings. The van der Waals surface area contributed by atoms with Crippen molar-refractivity contribution in [2.75, 3.05) is 6.61 Å². The third-order valence-electron chi connectivity index (χ3n) is 1.91. The van der Waals surface area contributed by atoms with Crippen molar-refractivity contribution in [3.8, 4) is 0 Å². The Labute approximate surface area is 83.7 Å². The number of aliphatic hydroxyl groups excluding tert-OH is 3. The minimum absolute atomic E-state index is 0.338. The summed E-state index contributed by atoms with van der Waals surface area (Å²) in [5.74, 6) is 0. The Morgan fingerprint density at radius 3 is 2.50 bits per heavy atom. The van der Waals surface area contributed by atoms with Crippen molar-refractivity contribution in [1.82, 2.24) is 0 Å². The van der Waals surface area contributed by atoms with Crippen molar-refractivity contribution < 1.29 is 20.1 Å². The van der Waals surface area contributed by atoms with E-state index in [0.717, 1.165) is 0 Å². The van der Waals surface area contributed by atoms with Gasteiger partial charge in [0.05, 0.1) is 16.6 Å². The van der Waals surface area contributed by atoms with Gasteiger partial charge in [-0.3, -0.25) is 0 Å². The fraction of sp³-hybridized carbons (Fsp3) is 1.00. The van der Waals surface area contributed by atoms with Gasteiger partial charge < -0.3 is 25.8 Å². The average molecular weight is 289 g/mol. The third kappa shape index (κ3) is 1.88. The largest absolute Gasteiger partial charge is 0.394 e. The van der Waals surface area contributed by atoms with Crippen molar-refractivity contribution >= 4 is 22.6 Å². The molecule has 1 aliphatic heterocycles. The molecule has 0 bridgehead atoms. The van der Waals surface area contributed by atoms with E-state index in [4.69, 9.17) is 15.6 Å². The first-order valence-corrected chi connectivity index (χ1v) is 4.84. The predicted molar refractivity (Wildman–Crippen MR) is 49.8 cm³/mol. The molecule has 12 heavy (non-hydrogen) atoms. The van der Waals surface area contributed by atoms with Gasteiger partial charge in [-0.05, 0) is 0 Å². The number of ether oxygens (including phenoxy) is 1. The molecule has 0 spiro atoms. The van der Waals surface area contributed by atoms with E-state index in [2.05, 4.69) is 0 Å². The summed E-state index contributed by atoms with van der Waals surface area (Å²) in [6.45, 7) is -0.338. The summed E-state index contributed by atoms with van der Waals surface area (Å²) in [4.78, 5) is 0. The summed E-state index contributed by atoms with van der Waals surface area (Å²) in [6, 6.07) is -0.563. The van der Waals surface area contributed by atoms with Gasteiger partial charge in [-0.1, -0.05) is 22.6 Å². The van der Waals surface area contributed by atoms with Crippen molar-refractivity contribution in [3.63, 3.8) is 0 Å². The molecule has 5 N–H and O–H groups in total. The number of alkyl halides is 1. The highest BCUT2D eigenvalue weighted by molar-refractivity contribution is 14.1. The predicted octanol–water partition coefficient (Wildman–Crippen LogP) is -1.81. The molecular weight excluding hydrogens is 277 g/mol.